The monoisotopic (exact) mass is 353 g/mol. The molecule has 0 aromatic heterocycles. The van der Waals surface area contributed by atoms with Gasteiger partial charge in [0.1, 0.15) is 6.04 Å². The van der Waals surface area contributed by atoms with Crippen molar-refractivity contribution in [3.05, 3.63) is 34.3 Å². The number of morpholine rings is 1. The van der Waals surface area contributed by atoms with Crippen LogP contribution >= 0.6 is 15.9 Å². The van der Waals surface area contributed by atoms with Crippen LogP contribution in [0.5, 0.6) is 0 Å². The van der Waals surface area contributed by atoms with E-state index in [9.17, 15) is 4.79 Å². The van der Waals surface area contributed by atoms with Crippen LogP contribution in [0.1, 0.15) is 24.9 Å². The van der Waals surface area contributed by atoms with Crippen LogP contribution in [0, 0.1) is 0 Å². The molecule has 3 atom stereocenters. The molecular weight excluding hydrogens is 334 g/mol. The number of ether oxygens (including phenoxy) is 1. The molecule has 0 saturated carbocycles. The summed E-state index contributed by atoms with van der Waals surface area (Å²) in [5.74, 6) is 0.164. The number of hydrogen-bond donors (Lipinski definition) is 2. The summed E-state index contributed by atoms with van der Waals surface area (Å²) in [7, 11) is 0. The molecular formula is C15H20BrN3O2. The summed E-state index contributed by atoms with van der Waals surface area (Å²) in [5, 5.41) is 0. The number of carbonyl (C=O) groups is 1. The van der Waals surface area contributed by atoms with Crippen molar-refractivity contribution in [3.63, 3.8) is 0 Å². The topological polar surface area (TPSA) is 53.6 Å². The summed E-state index contributed by atoms with van der Waals surface area (Å²) in [4.78, 5) is 14.4. The van der Waals surface area contributed by atoms with Gasteiger partial charge in [-0.1, -0.05) is 28.1 Å². The van der Waals surface area contributed by atoms with Crippen LogP contribution in [0.4, 0.5) is 0 Å². The van der Waals surface area contributed by atoms with E-state index < -0.39 is 0 Å². The van der Waals surface area contributed by atoms with Crippen LogP contribution in [-0.2, 0) is 9.53 Å². The molecule has 21 heavy (non-hydrogen) atoms. The normalized spacial score (nSPS) is 29.6. The molecule has 2 N–H and O–H groups in total. The number of nitrogens with one attached hydrogen (secondary N) is 2. The van der Waals surface area contributed by atoms with E-state index in [1.54, 1.807) is 0 Å². The average molecular weight is 354 g/mol. The smallest absolute Gasteiger partial charge is 0.241 e. The van der Waals surface area contributed by atoms with Gasteiger partial charge in [0.05, 0.1) is 12.7 Å². The van der Waals surface area contributed by atoms with Crippen LogP contribution in [0.15, 0.2) is 28.7 Å². The van der Waals surface area contributed by atoms with Crippen molar-refractivity contribution in [2.45, 2.75) is 31.5 Å². The molecule has 114 valence electrons. The van der Waals surface area contributed by atoms with E-state index in [-0.39, 0.29) is 24.1 Å². The second-order valence-corrected chi connectivity index (χ2v) is 6.56. The van der Waals surface area contributed by atoms with Crippen LogP contribution in [-0.4, -0.2) is 42.6 Å². The van der Waals surface area contributed by atoms with Gasteiger partial charge in [-0.3, -0.25) is 4.79 Å². The molecule has 0 spiro atoms. The molecule has 2 saturated heterocycles. The second kappa shape index (κ2) is 6.44. The lowest BCUT2D eigenvalue weighted by molar-refractivity contribution is -0.140. The Bertz CT molecular complexity index is 508. The Hall–Kier alpha value is -0.950. The van der Waals surface area contributed by atoms with E-state index in [0.717, 1.165) is 10.9 Å². The van der Waals surface area contributed by atoms with E-state index in [0.29, 0.717) is 19.7 Å². The minimum atomic E-state index is -0.163. The molecule has 0 radical (unpaired) electrons. The molecule has 0 aliphatic carbocycles. The fourth-order valence-corrected chi connectivity index (χ4v) is 3.14. The van der Waals surface area contributed by atoms with Gasteiger partial charge < -0.3 is 9.64 Å². The standard InChI is InChI=1S/C15H20BrN3O2/c1-10-9-19(6-7-21-10)15(20)14-8-13(17-18-14)11-2-4-12(16)5-3-11/h2-5,10,13-14,17-18H,6-9H2,1H3. The number of amides is 1. The van der Waals surface area contributed by atoms with Crippen molar-refractivity contribution in [1.29, 1.82) is 0 Å². The second-order valence-electron chi connectivity index (χ2n) is 5.65. The zero-order chi connectivity index (χ0) is 14.8. The number of halogens is 1. The highest BCUT2D eigenvalue weighted by Crippen LogP contribution is 2.24. The Balaban J connectivity index is 1.61. The van der Waals surface area contributed by atoms with E-state index in [2.05, 4.69) is 38.9 Å². The minimum Gasteiger partial charge on any atom is -0.375 e. The zero-order valence-electron chi connectivity index (χ0n) is 12.0. The van der Waals surface area contributed by atoms with Gasteiger partial charge in [0.2, 0.25) is 5.91 Å². The molecule has 5 nitrogen and oxygen atoms in total. The molecule has 3 unspecified atom stereocenters. The van der Waals surface area contributed by atoms with Crippen LogP contribution in [0.25, 0.3) is 0 Å². The summed E-state index contributed by atoms with van der Waals surface area (Å²) >= 11 is 3.44. The number of hydrogen-bond acceptors (Lipinski definition) is 4. The van der Waals surface area contributed by atoms with Crippen molar-refractivity contribution >= 4 is 21.8 Å². The Morgan fingerprint density at radius 1 is 1.33 bits per heavy atom. The van der Waals surface area contributed by atoms with E-state index >= 15 is 0 Å². The fraction of sp³-hybridized carbons (Fsp3) is 0.533. The van der Waals surface area contributed by atoms with Gasteiger partial charge >= 0.3 is 0 Å². The fourth-order valence-electron chi connectivity index (χ4n) is 2.87. The van der Waals surface area contributed by atoms with Gasteiger partial charge in [-0.2, -0.15) is 0 Å². The molecule has 1 amide bonds. The Kier molecular flexibility index (Phi) is 4.59. The molecule has 0 bridgehead atoms. The third-order valence-corrected chi connectivity index (χ3v) is 4.56. The number of rotatable bonds is 2. The van der Waals surface area contributed by atoms with Crippen molar-refractivity contribution in [3.8, 4) is 0 Å². The quantitative estimate of drug-likeness (QED) is 0.847. The maximum Gasteiger partial charge on any atom is 0.241 e. The summed E-state index contributed by atoms with van der Waals surface area (Å²) in [6.07, 6.45) is 0.894. The van der Waals surface area contributed by atoms with Crippen molar-refractivity contribution in [1.82, 2.24) is 15.8 Å². The van der Waals surface area contributed by atoms with Crippen LogP contribution in [0.2, 0.25) is 0 Å². The highest BCUT2D eigenvalue weighted by molar-refractivity contribution is 9.10. The SMILES string of the molecule is CC1CN(C(=O)C2CC(c3ccc(Br)cc3)NN2)CCO1. The lowest BCUT2D eigenvalue weighted by Gasteiger charge is -2.32. The molecule has 1 aromatic carbocycles. The molecule has 2 heterocycles. The summed E-state index contributed by atoms with van der Waals surface area (Å²) in [6.45, 7) is 4.00. The number of carbonyl (C=O) groups excluding carboxylic acids is 1. The Morgan fingerprint density at radius 2 is 2.10 bits per heavy atom. The van der Waals surface area contributed by atoms with Crippen LogP contribution in [0.3, 0.4) is 0 Å². The highest BCUT2D eigenvalue weighted by Gasteiger charge is 2.34. The predicted molar refractivity (Wildman–Crippen MR) is 83.6 cm³/mol. The van der Waals surface area contributed by atoms with Gasteiger partial charge in [0.15, 0.2) is 0 Å². The van der Waals surface area contributed by atoms with E-state index in [4.69, 9.17) is 4.74 Å². The number of hydrazine groups is 1. The number of nitrogens with zero attached hydrogens (tertiary/aromatic N) is 1. The predicted octanol–water partition coefficient (Wildman–Crippen LogP) is 1.60. The molecule has 2 fully saturated rings. The summed E-state index contributed by atoms with van der Waals surface area (Å²) < 4.78 is 6.55. The first-order chi connectivity index (χ1) is 10.1. The molecule has 3 rings (SSSR count). The van der Waals surface area contributed by atoms with Gasteiger partial charge in [0.25, 0.3) is 0 Å². The molecule has 2 aliphatic heterocycles. The van der Waals surface area contributed by atoms with Gasteiger partial charge in [0, 0.05) is 23.6 Å². The van der Waals surface area contributed by atoms with Gasteiger partial charge in [-0.15, -0.1) is 0 Å². The lowest BCUT2D eigenvalue weighted by Crippen LogP contribution is -2.51. The van der Waals surface area contributed by atoms with Crippen molar-refractivity contribution in [2.75, 3.05) is 19.7 Å². The lowest BCUT2D eigenvalue weighted by atomic mass is 10.0. The van der Waals surface area contributed by atoms with Gasteiger partial charge in [-0.05, 0) is 31.0 Å². The Morgan fingerprint density at radius 3 is 2.81 bits per heavy atom. The third-order valence-electron chi connectivity index (χ3n) is 4.03. The molecule has 2 aliphatic rings. The Labute approximate surface area is 133 Å². The van der Waals surface area contributed by atoms with E-state index in [1.165, 1.54) is 5.56 Å². The minimum absolute atomic E-state index is 0.124. The molecule has 1 aromatic rings. The summed E-state index contributed by atoms with van der Waals surface area (Å²) in [6, 6.07) is 8.21. The summed E-state index contributed by atoms with van der Waals surface area (Å²) in [5.41, 5.74) is 7.56. The van der Waals surface area contributed by atoms with Crippen molar-refractivity contribution in [2.24, 2.45) is 0 Å². The van der Waals surface area contributed by atoms with Crippen LogP contribution < -0.4 is 10.9 Å². The van der Waals surface area contributed by atoms with E-state index in [1.807, 2.05) is 24.0 Å². The first kappa shape index (κ1) is 15.0. The van der Waals surface area contributed by atoms with Crippen molar-refractivity contribution < 1.29 is 9.53 Å². The maximum atomic E-state index is 12.5. The zero-order valence-corrected chi connectivity index (χ0v) is 13.6. The third kappa shape index (κ3) is 3.45. The largest absolute Gasteiger partial charge is 0.375 e. The average Bonchev–Trinajstić information content (AvgIpc) is 2.97. The first-order valence-corrected chi connectivity index (χ1v) is 8.09. The van der Waals surface area contributed by atoms with Gasteiger partial charge in [-0.25, -0.2) is 10.9 Å². The number of benzene rings is 1. The first-order valence-electron chi connectivity index (χ1n) is 7.30. The highest BCUT2D eigenvalue weighted by atomic mass is 79.9. The molecule has 6 heteroatoms. The maximum absolute atomic E-state index is 12.5.